The molecule has 0 bridgehead atoms. The molecule has 2 unspecified atom stereocenters. The molecule has 0 radical (unpaired) electrons. The van der Waals surface area contributed by atoms with Gasteiger partial charge in [0, 0.05) is 0 Å². The maximum Gasteiger partial charge on any atom is -0.0383 e. The smallest absolute Gasteiger partial charge is 0.0383 e. The Kier molecular flexibility index (Phi) is 9.80. The monoisotopic (exact) mass is 334 g/mol. The van der Waals surface area contributed by atoms with Crippen molar-refractivity contribution in [1.29, 1.82) is 0 Å². The van der Waals surface area contributed by atoms with Crippen LogP contribution in [0.4, 0.5) is 0 Å². The predicted octanol–water partition coefficient (Wildman–Crippen LogP) is 8.40. The van der Waals surface area contributed by atoms with Crippen molar-refractivity contribution in [1.82, 2.24) is 0 Å². The van der Waals surface area contributed by atoms with Gasteiger partial charge in [0.2, 0.25) is 0 Å². The summed E-state index contributed by atoms with van der Waals surface area (Å²) in [4.78, 5) is 0. The van der Waals surface area contributed by atoms with Gasteiger partial charge in [-0.15, -0.1) is 0 Å². The summed E-state index contributed by atoms with van der Waals surface area (Å²) in [7, 11) is 0. The minimum atomic E-state index is 0.833. The Morgan fingerprint density at radius 1 is 0.417 bits per heavy atom. The van der Waals surface area contributed by atoms with E-state index >= 15 is 0 Å². The van der Waals surface area contributed by atoms with Crippen LogP contribution in [0.1, 0.15) is 124 Å². The van der Waals surface area contributed by atoms with E-state index in [4.69, 9.17) is 0 Å². The Morgan fingerprint density at radius 2 is 0.708 bits per heavy atom. The molecule has 2 atom stereocenters. The van der Waals surface area contributed by atoms with E-state index in [1.807, 2.05) is 0 Å². The van der Waals surface area contributed by atoms with Gasteiger partial charge < -0.3 is 0 Å². The highest BCUT2D eigenvalue weighted by molar-refractivity contribution is 4.85. The molecule has 0 amide bonds. The maximum absolute atomic E-state index is 2.17. The van der Waals surface area contributed by atoms with Crippen LogP contribution < -0.4 is 0 Å². The summed E-state index contributed by atoms with van der Waals surface area (Å²) in [5, 5.41) is 0. The third-order valence-electron chi connectivity index (χ3n) is 6.90. The zero-order chi connectivity index (χ0) is 17.2. The highest BCUT2D eigenvalue weighted by Crippen LogP contribution is 2.46. The molecular formula is C24H46. The van der Waals surface area contributed by atoms with E-state index in [0.717, 1.165) is 29.6 Å². The van der Waals surface area contributed by atoms with Crippen LogP contribution in [0.15, 0.2) is 0 Å². The lowest BCUT2D eigenvalue weighted by atomic mass is 9.77. The first-order valence-corrected chi connectivity index (χ1v) is 11.7. The van der Waals surface area contributed by atoms with Crippen molar-refractivity contribution in [3.8, 4) is 0 Å². The predicted molar refractivity (Wildman–Crippen MR) is 108 cm³/mol. The van der Waals surface area contributed by atoms with Crippen molar-refractivity contribution in [2.75, 3.05) is 0 Å². The normalized spacial score (nSPS) is 31.0. The van der Waals surface area contributed by atoms with Crippen LogP contribution in [-0.4, -0.2) is 0 Å². The van der Waals surface area contributed by atoms with Gasteiger partial charge in [0.05, 0.1) is 0 Å². The Labute approximate surface area is 153 Å². The summed E-state index contributed by atoms with van der Waals surface area (Å²) in [6, 6.07) is 0. The molecule has 0 heteroatoms. The largest absolute Gasteiger partial charge is 0.0630 e. The molecule has 3 saturated carbocycles. The summed E-state index contributed by atoms with van der Waals surface area (Å²) >= 11 is 0. The molecule has 0 saturated heterocycles. The average Bonchev–Trinajstić information content (AvgIpc) is 3.09. The molecule has 24 heavy (non-hydrogen) atoms. The molecule has 3 aliphatic rings. The molecule has 0 N–H and O–H groups in total. The fourth-order valence-corrected chi connectivity index (χ4v) is 5.65. The first-order chi connectivity index (χ1) is 11.7. The van der Waals surface area contributed by atoms with Crippen molar-refractivity contribution in [3.05, 3.63) is 0 Å². The third kappa shape index (κ3) is 7.49. The van der Waals surface area contributed by atoms with Crippen molar-refractivity contribution < 1.29 is 0 Å². The summed E-state index contributed by atoms with van der Waals surface area (Å²) < 4.78 is 0. The molecule has 142 valence electrons. The van der Waals surface area contributed by atoms with Gasteiger partial charge in [0.15, 0.2) is 0 Å². The molecule has 0 aliphatic heterocycles. The summed E-state index contributed by atoms with van der Waals surface area (Å²) in [6.45, 7) is 6.50. The Balaban J connectivity index is 0.000000471. The molecule has 0 spiro atoms. The van der Waals surface area contributed by atoms with E-state index in [0.29, 0.717) is 0 Å². The highest BCUT2D eigenvalue weighted by Gasteiger charge is 2.34. The summed E-state index contributed by atoms with van der Waals surface area (Å²) in [5.74, 6) is 5.33. The van der Waals surface area contributed by atoms with Gasteiger partial charge in [0.1, 0.15) is 0 Å². The first-order valence-electron chi connectivity index (χ1n) is 11.7. The van der Waals surface area contributed by atoms with Gasteiger partial charge in [0.25, 0.3) is 0 Å². The van der Waals surface area contributed by atoms with Gasteiger partial charge in [-0.25, -0.2) is 0 Å². The van der Waals surface area contributed by atoms with Crippen LogP contribution >= 0.6 is 0 Å². The molecule has 0 aromatic heterocycles. The van der Waals surface area contributed by atoms with E-state index in [1.165, 1.54) is 57.8 Å². The standard InChI is InChI=1S/C20H36.C4H10/c1-2-4-7-11-17(10-6-3-1)19-14-15-20(16-19)18-12-8-5-9-13-18;1-4(2)3/h17-20H,1-16H2;4H,1-3H3. The minimum Gasteiger partial charge on any atom is -0.0630 e. The quantitative estimate of drug-likeness (QED) is 0.475. The third-order valence-corrected chi connectivity index (χ3v) is 6.90. The zero-order valence-corrected chi connectivity index (χ0v) is 17.2. The molecule has 3 fully saturated rings. The van der Waals surface area contributed by atoms with Crippen LogP contribution in [0, 0.1) is 29.6 Å². The molecule has 3 rings (SSSR count). The summed E-state index contributed by atoms with van der Waals surface area (Å²) in [5.41, 5.74) is 0. The topological polar surface area (TPSA) is 0 Å². The molecule has 3 aliphatic carbocycles. The molecular weight excluding hydrogens is 288 g/mol. The Morgan fingerprint density at radius 3 is 1.08 bits per heavy atom. The minimum absolute atomic E-state index is 0.833. The second kappa shape index (κ2) is 11.6. The highest BCUT2D eigenvalue weighted by atomic mass is 14.4. The van der Waals surface area contributed by atoms with E-state index < -0.39 is 0 Å². The lowest BCUT2D eigenvalue weighted by molar-refractivity contribution is 0.226. The number of hydrogen-bond acceptors (Lipinski definition) is 0. The fourth-order valence-electron chi connectivity index (χ4n) is 5.65. The van der Waals surface area contributed by atoms with E-state index in [9.17, 15) is 0 Å². The second-order valence-electron chi connectivity index (χ2n) is 9.92. The van der Waals surface area contributed by atoms with Gasteiger partial charge in [-0.2, -0.15) is 0 Å². The number of hydrogen-bond donors (Lipinski definition) is 0. The zero-order valence-electron chi connectivity index (χ0n) is 17.2. The van der Waals surface area contributed by atoms with E-state index in [1.54, 1.807) is 44.9 Å². The SMILES string of the molecule is C1CCCCC(C2CCC(C3CCCCC3)C2)CCC1.CC(C)C. The van der Waals surface area contributed by atoms with E-state index in [2.05, 4.69) is 20.8 Å². The summed E-state index contributed by atoms with van der Waals surface area (Å²) in [6.07, 6.45) is 24.8. The van der Waals surface area contributed by atoms with Gasteiger partial charge in [-0.3, -0.25) is 0 Å². The van der Waals surface area contributed by atoms with Crippen LogP contribution in [0.3, 0.4) is 0 Å². The second-order valence-corrected chi connectivity index (χ2v) is 9.92. The lowest BCUT2D eigenvalue weighted by Crippen LogP contribution is -2.17. The number of rotatable bonds is 2. The van der Waals surface area contributed by atoms with Gasteiger partial charge in [-0.05, 0) is 48.9 Å². The van der Waals surface area contributed by atoms with Crippen LogP contribution in [-0.2, 0) is 0 Å². The van der Waals surface area contributed by atoms with Crippen molar-refractivity contribution in [2.24, 2.45) is 29.6 Å². The van der Waals surface area contributed by atoms with Crippen molar-refractivity contribution in [2.45, 2.75) is 124 Å². The van der Waals surface area contributed by atoms with Crippen LogP contribution in [0.2, 0.25) is 0 Å². The van der Waals surface area contributed by atoms with E-state index in [-0.39, 0.29) is 0 Å². The molecule has 0 heterocycles. The Bertz CT molecular complexity index is 286. The van der Waals surface area contributed by atoms with Gasteiger partial charge in [-0.1, -0.05) is 104 Å². The van der Waals surface area contributed by atoms with Crippen LogP contribution in [0.25, 0.3) is 0 Å². The maximum atomic E-state index is 2.17. The molecule has 0 aromatic rings. The van der Waals surface area contributed by atoms with Gasteiger partial charge >= 0.3 is 0 Å². The first kappa shape index (κ1) is 20.3. The van der Waals surface area contributed by atoms with Crippen LogP contribution in [0.5, 0.6) is 0 Å². The average molecular weight is 335 g/mol. The molecule has 0 aromatic carbocycles. The Hall–Kier alpha value is 0. The molecule has 0 nitrogen and oxygen atoms in total. The van der Waals surface area contributed by atoms with Crippen molar-refractivity contribution >= 4 is 0 Å². The van der Waals surface area contributed by atoms with Crippen molar-refractivity contribution in [3.63, 3.8) is 0 Å². The lowest BCUT2D eigenvalue weighted by Gasteiger charge is -2.29. The fraction of sp³-hybridized carbons (Fsp3) is 1.00.